The van der Waals surface area contributed by atoms with Crippen LogP contribution in [0.25, 0.3) is 0 Å². The first-order chi connectivity index (χ1) is 12.3. The minimum absolute atomic E-state index is 0.0642. The molecule has 8 heteroatoms. The zero-order valence-corrected chi connectivity index (χ0v) is 15.3. The van der Waals surface area contributed by atoms with Gasteiger partial charge in [-0.3, -0.25) is 14.4 Å². The van der Waals surface area contributed by atoms with Crippen molar-refractivity contribution < 1.29 is 14.6 Å². The molecule has 3 N–H and O–H groups in total. The summed E-state index contributed by atoms with van der Waals surface area (Å²) < 4.78 is 5.08. The van der Waals surface area contributed by atoms with Crippen LogP contribution in [0.15, 0.2) is 27.8 Å². The molecule has 1 atom stereocenters. The molecular weight excluding hydrogens is 338 g/mol. The smallest absolute Gasteiger partial charge is 0.257 e. The largest absolute Gasteiger partial charge is 0.505 e. The number of rotatable bonds is 8. The third kappa shape index (κ3) is 3.70. The van der Waals surface area contributed by atoms with Gasteiger partial charge in [-0.05, 0) is 18.6 Å². The van der Waals surface area contributed by atoms with E-state index in [1.165, 1.54) is 17.0 Å². The van der Waals surface area contributed by atoms with Crippen molar-refractivity contribution in [2.75, 3.05) is 38.4 Å². The molecule has 0 saturated heterocycles. The Kier molecular flexibility index (Phi) is 5.99. The van der Waals surface area contributed by atoms with E-state index in [2.05, 4.69) is 10.6 Å². The molecule has 140 valence electrons. The van der Waals surface area contributed by atoms with Crippen LogP contribution < -0.4 is 21.5 Å². The lowest BCUT2D eigenvalue weighted by atomic mass is 10.1. The van der Waals surface area contributed by atoms with Crippen LogP contribution in [0.3, 0.4) is 0 Å². The molecule has 26 heavy (non-hydrogen) atoms. The van der Waals surface area contributed by atoms with E-state index in [0.717, 1.165) is 0 Å². The third-order valence-electron chi connectivity index (χ3n) is 4.05. The summed E-state index contributed by atoms with van der Waals surface area (Å²) in [7, 11) is 4.69. The van der Waals surface area contributed by atoms with Crippen molar-refractivity contribution in [3.8, 4) is 5.75 Å². The van der Waals surface area contributed by atoms with Crippen molar-refractivity contribution >= 4 is 23.0 Å². The second-order valence-corrected chi connectivity index (χ2v) is 6.14. The standard InChI is InChI=1S/C18H23N3O5/c1-5-10(9-26-4)19-13-14(17(24)16(13)23)20-12-8-6-7-11(15(12)22)18(25)21(2)3/h6-8,10,19-20,22H,5,9H2,1-4H3/t10-/m1/s1. The number of nitrogens with zero attached hydrogens (tertiary/aromatic N) is 1. The zero-order chi connectivity index (χ0) is 19.4. The number of nitrogens with one attached hydrogen (secondary N) is 2. The minimum Gasteiger partial charge on any atom is -0.505 e. The molecule has 0 aliphatic rings. The highest BCUT2D eigenvalue weighted by molar-refractivity contribution is 5.99. The maximum Gasteiger partial charge on any atom is 0.257 e. The number of phenols is 1. The van der Waals surface area contributed by atoms with Gasteiger partial charge in [0.15, 0.2) is 5.75 Å². The molecule has 0 fully saturated rings. The quantitative estimate of drug-likeness (QED) is 0.480. The summed E-state index contributed by atoms with van der Waals surface area (Å²) in [5.41, 5.74) is -0.811. The molecule has 1 amide bonds. The van der Waals surface area contributed by atoms with Crippen LogP contribution in [-0.2, 0) is 4.74 Å². The molecule has 0 heterocycles. The van der Waals surface area contributed by atoms with Gasteiger partial charge in [0.2, 0.25) is 0 Å². The van der Waals surface area contributed by atoms with E-state index in [4.69, 9.17) is 4.74 Å². The van der Waals surface area contributed by atoms with Gasteiger partial charge in [0.05, 0.1) is 17.9 Å². The molecule has 0 saturated carbocycles. The Hall–Kier alpha value is -2.87. The van der Waals surface area contributed by atoms with E-state index >= 15 is 0 Å². The Balaban J connectivity index is 2.32. The lowest BCUT2D eigenvalue weighted by Crippen LogP contribution is -2.40. The second kappa shape index (κ2) is 8.01. The summed E-state index contributed by atoms with van der Waals surface area (Å²) in [6.45, 7) is 2.31. The number of ether oxygens (including phenoxy) is 1. The van der Waals surface area contributed by atoms with E-state index in [9.17, 15) is 19.5 Å². The fourth-order valence-electron chi connectivity index (χ4n) is 2.51. The molecule has 0 spiro atoms. The van der Waals surface area contributed by atoms with Gasteiger partial charge < -0.3 is 25.4 Å². The Morgan fingerprint density at radius 1 is 1.23 bits per heavy atom. The van der Waals surface area contributed by atoms with Crippen LogP contribution in [-0.4, -0.2) is 49.8 Å². The van der Waals surface area contributed by atoms with Crippen LogP contribution in [0.2, 0.25) is 0 Å². The first-order valence-corrected chi connectivity index (χ1v) is 8.21. The van der Waals surface area contributed by atoms with Crippen LogP contribution >= 0.6 is 0 Å². The molecule has 0 aliphatic carbocycles. The number of phenolic OH excluding ortho intramolecular Hbond substituents is 1. The van der Waals surface area contributed by atoms with Crippen LogP contribution in [0, 0.1) is 0 Å². The average Bonchev–Trinajstić information content (AvgIpc) is 2.63. The van der Waals surface area contributed by atoms with Crippen molar-refractivity contribution in [2.24, 2.45) is 0 Å². The van der Waals surface area contributed by atoms with Crippen molar-refractivity contribution in [3.05, 3.63) is 44.2 Å². The first-order valence-electron chi connectivity index (χ1n) is 8.21. The highest BCUT2D eigenvalue weighted by Gasteiger charge is 2.25. The molecule has 0 aliphatic heterocycles. The van der Waals surface area contributed by atoms with Crippen LogP contribution in [0.5, 0.6) is 5.75 Å². The third-order valence-corrected chi connectivity index (χ3v) is 4.05. The minimum atomic E-state index is -0.677. The summed E-state index contributed by atoms with van der Waals surface area (Å²) >= 11 is 0. The number of para-hydroxylation sites is 1. The van der Waals surface area contributed by atoms with Crippen LogP contribution in [0.4, 0.5) is 17.1 Å². The molecule has 8 nitrogen and oxygen atoms in total. The van der Waals surface area contributed by atoms with Gasteiger partial charge in [-0.2, -0.15) is 0 Å². The molecule has 0 radical (unpaired) electrons. The first kappa shape index (κ1) is 19.5. The van der Waals surface area contributed by atoms with Gasteiger partial charge in [0.1, 0.15) is 11.4 Å². The Morgan fingerprint density at radius 3 is 2.46 bits per heavy atom. The van der Waals surface area contributed by atoms with Gasteiger partial charge in [0, 0.05) is 27.2 Å². The fourth-order valence-corrected chi connectivity index (χ4v) is 2.51. The van der Waals surface area contributed by atoms with Gasteiger partial charge in [0.25, 0.3) is 16.8 Å². The number of benzene rings is 1. The molecule has 0 bridgehead atoms. The van der Waals surface area contributed by atoms with Crippen molar-refractivity contribution in [2.45, 2.75) is 19.4 Å². The number of hydrogen-bond donors (Lipinski definition) is 3. The maximum absolute atomic E-state index is 12.1. The van der Waals surface area contributed by atoms with Gasteiger partial charge in [-0.15, -0.1) is 0 Å². The number of carbonyl (C=O) groups excluding carboxylic acids is 1. The van der Waals surface area contributed by atoms with Crippen molar-refractivity contribution in [3.63, 3.8) is 0 Å². The second-order valence-electron chi connectivity index (χ2n) is 6.14. The lowest BCUT2D eigenvalue weighted by molar-refractivity contribution is 0.0824. The van der Waals surface area contributed by atoms with Crippen molar-refractivity contribution in [1.82, 2.24) is 4.90 Å². The number of carbonyl (C=O) groups is 1. The summed E-state index contributed by atoms with van der Waals surface area (Å²) in [5, 5.41) is 16.1. The van der Waals surface area contributed by atoms with Gasteiger partial charge in [-0.1, -0.05) is 13.0 Å². The predicted octanol–water partition coefficient (Wildman–Crippen LogP) is 1.27. The molecule has 0 aromatic heterocycles. The number of anilines is 3. The Bertz CT molecular complexity index is 868. The topological polar surface area (TPSA) is 108 Å². The Morgan fingerprint density at radius 2 is 1.88 bits per heavy atom. The SMILES string of the molecule is CC[C@H](COC)Nc1c(Nc2cccc(C(=O)N(C)C)c2O)c(=O)c1=O. The number of methoxy groups -OCH3 is 1. The van der Waals surface area contributed by atoms with E-state index in [1.54, 1.807) is 27.3 Å². The average molecular weight is 361 g/mol. The number of aromatic hydroxyl groups is 1. The highest BCUT2D eigenvalue weighted by atomic mass is 16.5. The summed E-state index contributed by atoms with van der Waals surface area (Å²) in [5.74, 6) is -0.658. The molecular formula is C18H23N3O5. The fraction of sp³-hybridized carbons (Fsp3) is 0.389. The lowest BCUT2D eigenvalue weighted by Gasteiger charge is -2.21. The predicted molar refractivity (Wildman–Crippen MR) is 100 cm³/mol. The van der Waals surface area contributed by atoms with E-state index in [1.807, 2.05) is 6.92 Å². The molecule has 2 aromatic carbocycles. The van der Waals surface area contributed by atoms with Crippen LogP contribution in [0.1, 0.15) is 23.7 Å². The maximum atomic E-state index is 12.1. The van der Waals surface area contributed by atoms with E-state index in [0.29, 0.717) is 13.0 Å². The number of hydrogen-bond acceptors (Lipinski definition) is 7. The van der Waals surface area contributed by atoms with E-state index < -0.39 is 10.9 Å². The molecule has 2 rings (SSSR count). The summed E-state index contributed by atoms with van der Waals surface area (Å²) in [6, 6.07) is 4.46. The Labute approximate surface area is 151 Å². The monoisotopic (exact) mass is 361 g/mol. The van der Waals surface area contributed by atoms with Gasteiger partial charge in [-0.25, -0.2) is 0 Å². The van der Waals surface area contributed by atoms with Crippen molar-refractivity contribution in [1.29, 1.82) is 0 Å². The number of amides is 1. The zero-order valence-electron chi connectivity index (χ0n) is 15.3. The summed E-state index contributed by atoms with van der Waals surface area (Å²) in [4.78, 5) is 37.3. The van der Waals surface area contributed by atoms with Gasteiger partial charge >= 0.3 is 0 Å². The summed E-state index contributed by atoms with van der Waals surface area (Å²) in [6.07, 6.45) is 0.699. The molecule has 2 aromatic rings. The normalized spacial score (nSPS) is 12.0. The van der Waals surface area contributed by atoms with E-state index in [-0.39, 0.29) is 40.3 Å². The highest BCUT2D eigenvalue weighted by Crippen LogP contribution is 2.32. The molecule has 0 unspecified atom stereocenters.